The molecule has 1 unspecified atom stereocenters. The third-order valence-corrected chi connectivity index (χ3v) is 7.99. The minimum absolute atomic E-state index is 0.121. The van der Waals surface area contributed by atoms with E-state index in [1.807, 2.05) is 0 Å². The van der Waals surface area contributed by atoms with Crippen LogP contribution in [0, 0.1) is 5.92 Å². The molecule has 0 spiro atoms. The number of hydrogen-bond donors (Lipinski definition) is 1. The number of benzene rings is 2. The number of ether oxygens (including phenoxy) is 1. The topological polar surface area (TPSA) is 92.8 Å². The fourth-order valence-electron chi connectivity index (χ4n) is 3.89. The lowest BCUT2D eigenvalue weighted by atomic mass is 10.2. The molecule has 2 aromatic carbocycles. The predicted molar refractivity (Wildman–Crippen MR) is 118 cm³/mol. The number of rotatable bonds is 7. The molecule has 0 radical (unpaired) electrons. The number of amides is 2. The zero-order valence-corrected chi connectivity index (χ0v) is 18.4. The van der Waals surface area contributed by atoms with Gasteiger partial charge < -0.3 is 15.0 Å². The second kappa shape index (κ2) is 8.34. The normalized spacial score (nSPS) is 16.5. The predicted octanol–water partition coefficient (Wildman–Crippen LogP) is 3.19. The van der Waals surface area contributed by atoms with Gasteiger partial charge in [0.05, 0.1) is 22.9 Å². The third-order valence-electron chi connectivity index (χ3n) is 5.85. The number of nitrogens with one attached hydrogen (secondary N) is 1. The third kappa shape index (κ3) is 4.30. The van der Waals surface area contributed by atoms with E-state index in [-0.39, 0.29) is 23.1 Å². The van der Waals surface area contributed by atoms with Crippen LogP contribution in [0.2, 0.25) is 0 Å². The molecule has 0 aromatic heterocycles. The standard InChI is InChI=1S/C23H26N2O5S/c1-15(13-22(26)24-19-5-3-4-6-21(19)30-2)31(28,29)18-9-10-20-17(14-18)11-12-25(20)23(27)16-7-8-16/h3-6,9-10,14-16H,7-8,11-13H2,1-2H3,(H,24,26). The van der Waals surface area contributed by atoms with E-state index < -0.39 is 21.0 Å². The summed E-state index contributed by atoms with van der Waals surface area (Å²) in [6.07, 6.45) is 2.33. The van der Waals surface area contributed by atoms with Crippen molar-refractivity contribution in [3.8, 4) is 5.75 Å². The summed E-state index contributed by atoms with van der Waals surface area (Å²) in [6, 6.07) is 11.9. The van der Waals surface area contributed by atoms with E-state index in [4.69, 9.17) is 4.74 Å². The van der Waals surface area contributed by atoms with E-state index in [1.54, 1.807) is 47.4 Å². The van der Waals surface area contributed by atoms with E-state index in [1.165, 1.54) is 14.0 Å². The van der Waals surface area contributed by atoms with E-state index >= 15 is 0 Å². The second-order valence-corrected chi connectivity index (χ2v) is 10.5. The van der Waals surface area contributed by atoms with Crippen LogP contribution < -0.4 is 15.0 Å². The van der Waals surface area contributed by atoms with Crippen molar-refractivity contribution >= 4 is 33.0 Å². The Labute approximate surface area is 182 Å². The lowest BCUT2D eigenvalue weighted by Crippen LogP contribution is -2.30. The van der Waals surface area contributed by atoms with Crippen LogP contribution >= 0.6 is 0 Å². The maximum atomic E-state index is 13.1. The second-order valence-electron chi connectivity index (χ2n) is 8.11. The number of anilines is 2. The van der Waals surface area contributed by atoms with Crippen LogP contribution in [-0.2, 0) is 25.8 Å². The largest absolute Gasteiger partial charge is 0.495 e. The molecule has 8 heteroatoms. The van der Waals surface area contributed by atoms with Crippen LogP contribution in [0.3, 0.4) is 0 Å². The molecular formula is C23H26N2O5S. The molecule has 1 atom stereocenters. The van der Waals surface area contributed by atoms with Gasteiger partial charge in [-0.2, -0.15) is 0 Å². The van der Waals surface area contributed by atoms with E-state index in [0.717, 1.165) is 24.1 Å². The summed E-state index contributed by atoms with van der Waals surface area (Å²) in [5.74, 6) is 0.366. The van der Waals surface area contributed by atoms with Gasteiger partial charge in [0.2, 0.25) is 11.8 Å². The van der Waals surface area contributed by atoms with Crippen LogP contribution in [0.5, 0.6) is 5.75 Å². The van der Waals surface area contributed by atoms with Crippen LogP contribution in [0.4, 0.5) is 11.4 Å². The lowest BCUT2D eigenvalue weighted by Gasteiger charge is -2.18. The smallest absolute Gasteiger partial charge is 0.230 e. The Morgan fingerprint density at radius 2 is 1.94 bits per heavy atom. The highest BCUT2D eigenvalue weighted by molar-refractivity contribution is 7.92. The molecule has 2 amide bonds. The van der Waals surface area contributed by atoms with Gasteiger partial charge in [-0.25, -0.2) is 8.42 Å². The number of fused-ring (bicyclic) bond motifs is 1. The van der Waals surface area contributed by atoms with Crippen molar-refractivity contribution in [2.24, 2.45) is 5.92 Å². The van der Waals surface area contributed by atoms with Crippen LogP contribution in [0.25, 0.3) is 0 Å². The maximum absolute atomic E-state index is 13.1. The van der Waals surface area contributed by atoms with Crippen LogP contribution in [0.1, 0.15) is 31.7 Å². The Bertz CT molecular complexity index is 1120. The van der Waals surface area contributed by atoms with Gasteiger partial charge in [0.15, 0.2) is 9.84 Å². The van der Waals surface area contributed by atoms with Gasteiger partial charge in [-0.05, 0) is 62.1 Å². The molecule has 31 heavy (non-hydrogen) atoms. The molecule has 1 fully saturated rings. The van der Waals surface area contributed by atoms with Crippen molar-refractivity contribution in [3.05, 3.63) is 48.0 Å². The fourth-order valence-corrected chi connectivity index (χ4v) is 5.29. The van der Waals surface area contributed by atoms with Gasteiger partial charge in [-0.3, -0.25) is 9.59 Å². The number of hydrogen-bond acceptors (Lipinski definition) is 5. The molecule has 164 valence electrons. The lowest BCUT2D eigenvalue weighted by molar-refractivity contribution is -0.119. The van der Waals surface area contributed by atoms with E-state index in [9.17, 15) is 18.0 Å². The molecule has 0 saturated heterocycles. The summed E-state index contributed by atoms with van der Waals surface area (Å²) in [7, 11) is -2.20. The van der Waals surface area contributed by atoms with Crippen molar-refractivity contribution in [2.45, 2.75) is 42.8 Å². The Kier molecular flexibility index (Phi) is 5.75. The summed E-state index contributed by atoms with van der Waals surface area (Å²) in [5, 5.41) is 1.82. The summed E-state index contributed by atoms with van der Waals surface area (Å²) in [5.41, 5.74) is 2.16. The summed E-state index contributed by atoms with van der Waals surface area (Å²) >= 11 is 0. The number of methoxy groups -OCH3 is 1. The average Bonchev–Trinajstić information content (AvgIpc) is 3.52. The molecule has 4 rings (SSSR count). The van der Waals surface area contributed by atoms with E-state index in [0.29, 0.717) is 24.4 Å². The van der Waals surface area contributed by atoms with E-state index in [2.05, 4.69) is 5.32 Å². The van der Waals surface area contributed by atoms with Crippen molar-refractivity contribution in [2.75, 3.05) is 23.9 Å². The molecule has 1 N–H and O–H groups in total. The first-order chi connectivity index (χ1) is 14.8. The summed E-state index contributed by atoms with van der Waals surface area (Å²) in [6.45, 7) is 2.12. The Hall–Kier alpha value is -2.87. The zero-order valence-electron chi connectivity index (χ0n) is 17.6. The molecule has 7 nitrogen and oxygen atoms in total. The van der Waals surface area contributed by atoms with Gasteiger partial charge in [0, 0.05) is 24.6 Å². The fraction of sp³-hybridized carbons (Fsp3) is 0.391. The quantitative estimate of drug-likeness (QED) is 0.711. The van der Waals surface area contributed by atoms with Crippen molar-refractivity contribution in [3.63, 3.8) is 0 Å². The maximum Gasteiger partial charge on any atom is 0.230 e. The molecule has 2 aliphatic rings. The highest BCUT2D eigenvalue weighted by Gasteiger charge is 2.37. The molecule has 1 aliphatic heterocycles. The van der Waals surface area contributed by atoms with Crippen LogP contribution in [0.15, 0.2) is 47.4 Å². The molecule has 2 aromatic rings. The van der Waals surface area contributed by atoms with Crippen molar-refractivity contribution in [1.29, 1.82) is 0 Å². The van der Waals surface area contributed by atoms with Gasteiger partial charge in [-0.15, -0.1) is 0 Å². The number of nitrogens with zero attached hydrogens (tertiary/aromatic N) is 1. The zero-order chi connectivity index (χ0) is 22.2. The van der Waals surface area contributed by atoms with Crippen LogP contribution in [-0.4, -0.2) is 39.1 Å². The van der Waals surface area contributed by atoms with Crippen molar-refractivity contribution < 1.29 is 22.7 Å². The first-order valence-electron chi connectivity index (χ1n) is 10.4. The van der Waals surface area contributed by atoms with Gasteiger partial charge >= 0.3 is 0 Å². The summed E-state index contributed by atoms with van der Waals surface area (Å²) < 4.78 is 31.4. The highest BCUT2D eigenvalue weighted by Crippen LogP contribution is 2.37. The molecule has 1 saturated carbocycles. The Balaban J connectivity index is 1.46. The Morgan fingerprint density at radius 1 is 1.19 bits per heavy atom. The average molecular weight is 443 g/mol. The number of sulfone groups is 1. The monoisotopic (exact) mass is 442 g/mol. The van der Waals surface area contributed by atoms with Crippen molar-refractivity contribution in [1.82, 2.24) is 0 Å². The number of para-hydroxylation sites is 2. The van der Waals surface area contributed by atoms with Gasteiger partial charge in [-0.1, -0.05) is 12.1 Å². The number of carbonyl (C=O) groups is 2. The highest BCUT2D eigenvalue weighted by atomic mass is 32.2. The van der Waals surface area contributed by atoms with Gasteiger partial charge in [0.25, 0.3) is 0 Å². The number of carbonyl (C=O) groups excluding carboxylic acids is 2. The molecule has 0 bridgehead atoms. The molecule has 1 aliphatic carbocycles. The first-order valence-corrected chi connectivity index (χ1v) is 12.0. The molecular weight excluding hydrogens is 416 g/mol. The first kappa shape index (κ1) is 21.4. The SMILES string of the molecule is COc1ccccc1NC(=O)CC(C)S(=O)(=O)c1ccc2c(c1)CCN2C(=O)C1CC1. The Morgan fingerprint density at radius 3 is 2.65 bits per heavy atom. The molecule has 1 heterocycles. The minimum atomic E-state index is -3.70. The van der Waals surface area contributed by atoms with Gasteiger partial charge in [0.1, 0.15) is 5.75 Å². The minimum Gasteiger partial charge on any atom is -0.495 e. The summed E-state index contributed by atoms with van der Waals surface area (Å²) in [4.78, 5) is 26.9.